The van der Waals surface area contributed by atoms with Crippen LogP contribution in [0.15, 0.2) is 42.5 Å². The second kappa shape index (κ2) is 8.03. The van der Waals surface area contributed by atoms with Crippen molar-refractivity contribution in [2.24, 2.45) is 0 Å². The zero-order valence-electron chi connectivity index (χ0n) is 14.8. The Bertz CT molecular complexity index is 702. The SMILES string of the molecule is Cc1cccc(C)c1NCC(=O)Nc1ccc(N2CCOCC2)cc1. The van der Waals surface area contributed by atoms with E-state index >= 15 is 0 Å². The van der Waals surface area contributed by atoms with Gasteiger partial charge in [-0.15, -0.1) is 0 Å². The maximum Gasteiger partial charge on any atom is 0.243 e. The minimum Gasteiger partial charge on any atom is -0.378 e. The van der Waals surface area contributed by atoms with E-state index in [1.54, 1.807) is 0 Å². The lowest BCUT2D eigenvalue weighted by Crippen LogP contribution is -2.36. The minimum absolute atomic E-state index is 0.0539. The summed E-state index contributed by atoms with van der Waals surface area (Å²) in [6.45, 7) is 7.67. The number of carbonyl (C=O) groups excluding carboxylic acids is 1. The topological polar surface area (TPSA) is 53.6 Å². The normalized spacial score (nSPS) is 14.2. The van der Waals surface area contributed by atoms with Gasteiger partial charge in [0.05, 0.1) is 19.8 Å². The van der Waals surface area contributed by atoms with Gasteiger partial charge in [-0.25, -0.2) is 0 Å². The second-order valence-corrected chi connectivity index (χ2v) is 6.31. The van der Waals surface area contributed by atoms with Gasteiger partial charge in [0, 0.05) is 30.2 Å². The number of carbonyl (C=O) groups is 1. The molecular formula is C20H25N3O2. The fourth-order valence-electron chi connectivity index (χ4n) is 3.04. The van der Waals surface area contributed by atoms with Gasteiger partial charge in [-0.05, 0) is 49.2 Å². The Kier molecular flexibility index (Phi) is 5.56. The first-order chi connectivity index (χ1) is 12.1. The number of morpholine rings is 1. The van der Waals surface area contributed by atoms with Crippen molar-refractivity contribution in [2.45, 2.75) is 13.8 Å². The lowest BCUT2D eigenvalue weighted by atomic mass is 10.1. The lowest BCUT2D eigenvalue weighted by Gasteiger charge is -2.28. The van der Waals surface area contributed by atoms with Crippen molar-refractivity contribution in [3.8, 4) is 0 Å². The molecule has 2 aromatic rings. The molecule has 0 saturated carbocycles. The molecule has 1 amide bonds. The molecule has 0 radical (unpaired) electrons. The number of hydrogen-bond acceptors (Lipinski definition) is 4. The van der Waals surface area contributed by atoms with E-state index in [1.807, 2.05) is 56.3 Å². The molecule has 3 rings (SSSR count). The highest BCUT2D eigenvalue weighted by Gasteiger charge is 2.11. The zero-order chi connectivity index (χ0) is 17.6. The fourth-order valence-corrected chi connectivity index (χ4v) is 3.04. The fraction of sp³-hybridized carbons (Fsp3) is 0.350. The van der Waals surface area contributed by atoms with Gasteiger partial charge in [0.2, 0.25) is 5.91 Å². The number of nitrogens with one attached hydrogen (secondary N) is 2. The van der Waals surface area contributed by atoms with E-state index in [1.165, 1.54) is 0 Å². The molecule has 1 aliphatic heterocycles. The summed E-state index contributed by atoms with van der Waals surface area (Å²) >= 11 is 0. The van der Waals surface area contributed by atoms with Crippen molar-refractivity contribution >= 4 is 23.0 Å². The van der Waals surface area contributed by atoms with Gasteiger partial charge in [0.15, 0.2) is 0 Å². The Hall–Kier alpha value is -2.53. The van der Waals surface area contributed by atoms with Crippen molar-refractivity contribution in [3.05, 3.63) is 53.6 Å². The van der Waals surface area contributed by atoms with Crippen LogP contribution in [0.4, 0.5) is 17.1 Å². The monoisotopic (exact) mass is 339 g/mol. The first-order valence-electron chi connectivity index (χ1n) is 8.66. The Balaban J connectivity index is 1.54. The molecule has 25 heavy (non-hydrogen) atoms. The number of rotatable bonds is 5. The van der Waals surface area contributed by atoms with Crippen molar-refractivity contribution < 1.29 is 9.53 Å². The molecular weight excluding hydrogens is 314 g/mol. The smallest absolute Gasteiger partial charge is 0.243 e. The van der Waals surface area contributed by atoms with Crippen LogP contribution in [0.3, 0.4) is 0 Å². The molecule has 2 aromatic carbocycles. The summed E-state index contributed by atoms with van der Waals surface area (Å²) in [4.78, 5) is 14.5. The third-order valence-corrected chi connectivity index (χ3v) is 4.43. The quantitative estimate of drug-likeness (QED) is 0.878. The summed E-state index contributed by atoms with van der Waals surface area (Å²) in [6, 6.07) is 14.1. The third-order valence-electron chi connectivity index (χ3n) is 4.43. The zero-order valence-corrected chi connectivity index (χ0v) is 14.8. The van der Waals surface area contributed by atoms with E-state index in [0.717, 1.165) is 54.5 Å². The Morgan fingerprint density at radius 2 is 1.68 bits per heavy atom. The van der Waals surface area contributed by atoms with Gasteiger partial charge in [0.25, 0.3) is 0 Å². The predicted molar refractivity (Wildman–Crippen MR) is 103 cm³/mol. The van der Waals surface area contributed by atoms with E-state index < -0.39 is 0 Å². The van der Waals surface area contributed by atoms with Crippen LogP contribution in [-0.4, -0.2) is 38.8 Å². The highest BCUT2D eigenvalue weighted by Crippen LogP contribution is 2.20. The maximum atomic E-state index is 12.2. The molecule has 2 N–H and O–H groups in total. The molecule has 1 aliphatic rings. The Morgan fingerprint density at radius 1 is 1.04 bits per heavy atom. The highest BCUT2D eigenvalue weighted by atomic mass is 16.5. The lowest BCUT2D eigenvalue weighted by molar-refractivity contribution is -0.114. The van der Waals surface area contributed by atoms with E-state index in [4.69, 9.17) is 4.74 Å². The van der Waals surface area contributed by atoms with Crippen molar-refractivity contribution in [2.75, 3.05) is 48.4 Å². The van der Waals surface area contributed by atoms with Crippen LogP contribution in [0.2, 0.25) is 0 Å². The van der Waals surface area contributed by atoms with Crippen LogP contribution in [-0.2, 0) is 9.53 Å². The number of aryl methyl sites for hydroxylation is 2. The number of para-hydroxylation sites is 1. The van der Waals surface area contributed by atoms with Crippen molar-refractivity contribution in [3.63, 3.8) is 0 Å². The number of nitrogens with zero attached hydrogens (tertiary/aromatic N) is 1. The molecule has 0 unspecified atom stereocenters. The van der Waals surface area contributed by atoms with Gasteiger partial charge >= 0.3 is 0 Å². The molecule has 132 valence electrons. The summed E-state index contributed by atoms with van der Waals surface area (Å²) in [6.07, 6.45) is 0. The van der Waals surface area contributed by atoms with Crippen LogP contribution in [0.25, 0.3) is 0 Å². The summed E-state index contributed by atoms with van der Waals surface area (Å²) < 4.78 is 5.37. The molecule has 5 heteroatoms. The average Bonchev–Trinajstić information content (AvgIpc) is 2.63. The number of ether oxygens (including phenoxy) is 1. The molecule has 1 fully saturated rings. The summed E-state index contributed by atoms with van der Waals surface area (Å²) in [7, 11) is 0. The Labute approximate surface area is 149 Å². The van der Waals surface area contributed by atoms with E-state index in [-0.39, 0.29) is 12.5 Å². The van der Waals surface area contributed by atoms with Crippen molar-refractivity contribution in [1.82, 2.24) is 0 Å². The third kappa shape index (κ3) is 4.51. The van der Waals surface area contributed by atoms with Gasteiger partial charge in [-0.3, -0.25) is 4.79 Å². The van der Waals surface area contributed by atoms with Crippen LogP contribution < -0.4 is 15.5 Å². The van der Waals surface area contributed by atoms with E-state index in [2.05, 4.69) is 15.5 Å². The Morgan fingerprint density at radius 3 is 2.32 bits per heavy atom. The first-order valence-corrected chi connectivity index (χ1v) is 8.66. The number of anilines is 3. The molecule has 0 atom stereocenters. The summed E-state index contributed by atoms with van der Waals surface area (Å²) in [5, 5.41) is 6.17. The second-order valence-electron chi connectivity index (χ2n) is 6.31. The van der Waals surface area contributed by atoms with Crippen LogP contribution in [0.1, 0.15) is 11.1 Å². The number of amides is 1. The molecule has 0 spiro atoms. The molecule has 0 bridgehead atoms. The molecule has 1 saturated heterocycles. The van der Waals surface area contributed by atoms with Crippen LogP contribution in [0, 0.1) is 13.8 Å². The van der Waals surface area contributed by atoms with Gasteiger partial charge in [-0.1, -0.05) is 18.2 Å². The van der Waals surface area contributed by atoms with Crippen LogP contribution in [0.5, 0.6) is 0 Å². The summed E-state index contributed by atoms with van der Waals surface area (Å²) in [5.74, 6) is -0.0539. The van der Waals surface area contributed by atoms with E-state index in [9.17, 15) is 4.79 Å². The van der Waals surface area contributed by atoms with Gasteiger partial charge < -0.3 is 20.3 Å². The van der Waals surface area contributed by atoms with Gasteiger partial charge in [-0.2, -0.15) is 0 Å². The summed E-state index contributed by atoms with van der Waals surface area (Å²) in [5.41, 5.74) is 5.28. The molecule has 5 nitrogen and oxygen atoms in total. The highest BCUT2D eigenvalue weighted by molar-refractivity contribution is 5.94. The number of hydrogen-bond donors (Lipinski definition) is 2. The number of benzene rings is 2. The average molecular weight is 339 g/mol. The largest absolute Gasteiger partial charge is 0.378 e. The van der Waals surface area contributed by atoms with Crippen molar-refractivity contribution in [1.29, 1.82) is 0 Å². The molecule has 0 aliphatic carbocycles. The standard InChI is InChI=1S/C20H25N3O2/c1-15-4-3-5-16(2)20(15)21-14-19(24)22-17-6-8-18(9-7-17)23-10-12-25-13-11-23/h3-9,21H,10-14H2,1-2H3,(H,22,24). The first kappa shape index (κ1) is 17.3. The van der Waals surface area contributed by atoms with Gasteiger partial charge in [0.1, 0.15) is 0 Å². The van der Waals surface area contributed by atoms with E-state index in [0.29, 0.717) is 0 Å². The molecule has 0 aromatic heterocycles. The minimum atomic E-state index is -0.0539. The maximum absolute atomic E-state index is 12.2. The molecule has 1 heterocycles. The van der Waals surface area contributed by atoms with Crippen LogP contribution >= 0.6 is 0 Å². The predicted octanol–water partition coefficient (Wildman–Crippen LogP) is 3.19.